The minimum atomic E-state index is -0.582. The van der Waals surface area contributed by atoms with Crippen LogP contribution >= 0.6 is 0 Å². The summed E-state index contributed by atoms with van der Waals surface area (Å²) in [5.41, 5.74) is -0.593. The molecule has 0 saturated heterocycles. The number of nitrogens with zero attached hydrogens (tertiary/aromatic N) is 3. The molecule has 2 N–H and O–H groups in total. The first-order chi connectivity index (χ1) is 9.99. The average molecular weight is 290 g/mol. The minimum absolute atomic E-state index is 0.0523. The molecule has 0 bridgehead atoms. The molecule has 7 nitrogen and oxygen atoms in total. The van der Waals surface area contributed by atoms with Gasteiger partial charge in [-0.1, -0.05) is 6.92 Å². The number of aliphatic hydroxyl groups excluding tert-OH is 1. The Balaban J connectivity index is 2.26. The van der Waals surface area contributed by atoms with Crippen LogP contribution in [0.4, 0.5) is 11.5 Å². The molecule has 0 aliphatic heterocycles. The molecule has 1 aliphatic carbocycles. The lowest BCUT2D eigenvalue weighted by atomic mass is 9.77. The fraction of sp³-hybridized carbons (Fsp3) is 0.571. The Labute approximate surface area is 122 Å². The number of nitrogens with one attached hydrogen (secondary N) is 1. The van der Waals surface area contributed by atoms with Crippen molar-refractivity contribution in [1.29, 1.82) is 5.26 Å². The number of aromatic nitrogens is 1. The molecule has 1 aromatic heterocycles. The standard InChI is InChI=1S/C14H18N4O3/c1-10-2-4-14(9-19,5-3-10)17-13-11(7-15)6-12(8-16-13)18(20)21/h6,8,10,19H,2-5,9H2,1H3,(H,16,17). The van der Waals surface area contributed by atoms with Gasteiger partial charge in [-0.25, -0.2) is 4.98 Å². The molecule has 0 spiro atoms. The van der Waals surface area contributed by atoms with Gasteiger partial charge < -0.3 is 10.4 Å². The first-order valence-corrected chi connectivity index (χ1v) is 6.93. The molecule has 112 valence electrons. The first-order valence-electron chi connectivity index (χ1n) is 6.93. The van der Waals surface area contributed by atoms with Gasteiger partial charge in [-0.15, -0.1) is 0 Å². The van der Waals surface area contributed by atoms with Crippen LogP contribution in [-0.4, -0.2) is 27.2 Å². The molecule has 0 atom stereocenters. The molecule has 0 radical (unpaired) electrons. The summed E-state index contributed by atoms with van der Waals surface area (Å²) in [6, 6.07) is 3.12. The van der Waals surface area contributed by atoms with Crippen LogP contribution in [0, 0.1) is 27.4 Å². The lowest BCUT2D eigenvalue weighted by molar-refractivity contribution is -0.385. The molecular weight excluding hydrogens is 272 g/mol. The van der Waals surface area contributed by atoms with Crippen molar-refractivity contribution in [2.75, 3.05) is 11.9 Å². The lowest BCUT2D eigenvalue weighted by Crippen LogP contribution is -2.45. The summed E-state index contributed by atoms with van der Waals surface area (Å²) in [4.78, 5) is 14.1. The molecule has 21 heavy (non-hydrogen) atoms. The van der Waals surface area contributed by atoms with Crippen LogP contribution in [0.5, 0.6) is 0 Å². The molecule has 1 aromatic rings. The van der Waals surface area contributed by atoms with Crippen LogP contribution < -0.4 is 5.32 Å². The highest BCUT2D eigenvalue weighted by atomic mass is 16.6. The van der Waals surface area contributed by atoms with Crippen molar-refractivity contribution < 1.29 is 10.0 Å². The maximum Gasteiger partial charge on any atom is 0.289 e. The minimum Gasteiger partial charge on any atom is -0.394 e. The van der Waals surface area contributed by atoms with Gasteiger partial charge in [0.25, 0.3) is 5.69 Å². The number of rotatable bonds is 4. The van der Waals surface area contributed by atoms with E-state index in [-0.39, 0.29) is 17.9 Å². The predicted octanol–water partition coefficient (Wildman–Crippen LogP) is 2.21. The second kappa shape index (κ2) is 6.06. The fourth-order valence-corrected chi connectivity index (χ4v) is 2.63. The van der Waals surface area contributed by atoms with Crippen LogP contribution in [0.1, 0.15) is 38.2 Å². The molecule has 1 heterocycles. The number of aliphatic hydroxyl groups is 1. The predicted molar refractivity (Wildman–Crippen MR) is 76.7 cm³/mol. The number of hydrogen-bond acceptors (Lipinski definition) is 6. The highest BCUT2D eigenvalue weighted by Gasteiger charge is 2.34. The third-order valence-corrected chi connectivity index (χ3v) is 4.12. The second-order valence-electron chi connectivity index (χ2n) is 5.70. The second-order valence-corrected chi connectivity index (χ2v) is 5.70. The van der Waals surface area contributed by atoms with E-state index in [1.165, 1.54) is 6.07 Å². The zero-order valence-corrected chi connectivity index (χ0v) is 11.9. The first kappa shape index (κ1) is 15.2. The van der Waals surface area contributed by atoms with Crippen molar-refractivity contribution >= 4 is 11.5 Å². The van der Waals surface area contributed by atoms with Gasteiger partial charge in [0.1, 0.15) is 23.6 Å². The average Bonchev–Trinajstić information content (AvgIpc) is 2.50. The van der Waals surface area contributed by atoms with E-state index >= 15 is 0 Å². The largest absolute Gasteiger partial charge is 0.394 e. The molecular formula is C14H18N4O3. The summed E-state index contributed by atoms with van der Waals surface area (Å²) in [6.45, 7) is 2.12. The van der Waals surface area contributed by atoms with E-state index in [1.807, 2.05) is 6.07 Å². The Morgan fingerprint density at radius 2 is 2.29 bits per heavy atom. The number of pyridine rings is 1. The third kappa shape index (κ3) is 3.28. The van der Waals surface area contributed by atoms with Crippen LogP contribution in [0.15, 0.2) is 12.3 Å². The van der Waals surface area contributed by atoms with E-state index in [2.05, 4.69) is 17.2 Å². The fourth-order valence-electron chi connectivity index (χ4n) is 2.63. The van der Waals surface area contributed by atoms with Crippen LogP contribution in [0.3, 0.4) is 0 Å². The van der Waals surface area contributed by atoms with Gasteiger partial charge in [0.05, 0.1) is 17.1 Å². The van der Waals surface area contributed by atoms with Gasteiger partial charge in [-0.3, -0.25) is 10.1 Å². The Bertz CT molecular complexity index is 574. The van der Waals surface area contributed by atoms with Crippen LogP contribution in [-0.2, 0) is 0 Å². The van der Waals surface area contributed by atoms with Crippen molar-refractivity contribution in [2.45, 2.75) is 38.1 Å². The zero-order valence-electron chi connectivity index (χ0n) is 11.9. The van der Waals surface area contributed by atoms with Crippen LogP contribution in [0.2, 0.25) is 0 Å². The summed E-state index contributed by atoms with van der Waals surface area (Å²) in [5.74, 6) is 0.915. The normalized spacial score (nSPS) is 25.1. The summed E-state index contributed by atoms with van der Waals surface area (Å²) in [7, 11) is 0. The molecule has 1 saturated carbocycles. The molecule has 1 fully saturated rings. The quantitative estimate of drug-likeness (QED) is 0.649. The molecule has 0 amide bonds. The van der Waals surface area contributed by atoms with Crippen molar-refractivity contribution in [3.63, 3.8) is 0 Å². The van der Waals surface area contributed by atoms with Crippen molar-refractivity contribution in [3.05, 3.63) is 27.9 Å². The molecule has 0 unspecified atom stereocenters. The maximum absolute atomic E-state index is 10.7. The number of nitro groups is 1. The molecule has 0 aromatic carbocycles. The van der Waals surface area contributed by atoms with E-state index in [4.69, 9.17) is 5.26 Å². The SMILES string of the molecule is CC1CCC(CO)(Nc2ncc([N+](=O)[O-])cc2C#N)CC1. The molecule has 1 aliphatic rings. The van der Waals surface area contributed by atoms with Gasteiger partial charge in [0.2, 0.25) is 0 Å². The Morgan fingerprint density at radius 3 is 2.81 bits per heavy atom. The highest BCUT2D eigenvalue weighted by molar-refractivity contribution is 5.56. The third-order valence-electron chi connectivity index (χ3n) is 4.12. The zero-order chi connectivity index (χ0) is 15.5. The highest BCUT2D eigenvalue weighted by Crippen LogP contribution is 2.34. The maximum atomic E-state index is 10.7. The summed E-state index contributed by atoms with van der Waals surface area (Å²) >= 11 is 0. The van der Waals surface area contributed by atoms with E-state index in [1.54, 1.807) is 0 Å². The van der Waals surface area contributed by atoms with Gasteiger partial charge in [-0.2, -0.15) is 5.26 Å². The summed E-state index contributed by atoms with van der Waals surface area (Å²) in [6.07, 6.45) is 4.67. The summed E-state index contributed by atoms with van der Waals surface area (Å²) in [5, 5.41) is 32.7. The number of anilines is 1. The summed E-state index contributed by atoms with van der Waals surface area (Å²) < 4.78 is 0. The van der Waals surface area contributed by atoms with Crippen LogP contribution in [0.25, 0.3) is 0 Å². The van der Waals surface area contributed by atoms with Gasteiger partial charge >= 0.3 is 0 Å². The smallest absolute Gasteiger partial charge is 0.289 e. The van der Waals surface area contributed by atoms with Gasteiger partial charge in [-0.05, 0) is 31.6 Å². The topological polar surface area (TPSA) is 112 Å². The van der Waals surface area contributed by atoms with E-state index < -0.39 is 10.5 Å². The Hall–Kier alpha value is -2.20. The molecule has 7 heteroatoms. The Kier molecular flexibility index (Phi) is 4.38. The van der Waals surface area contributed by atoms with E-state index in [0.29, 0.717) is 11.7 Å². The number of nitriles is 1. The van der Waals surface area contributed by atoms with Crippen molar-refractivity contribution in [1.82, 2.24) is 4.98 Å². The molecule has 2 rings (SSSR count). The van der Waals surface area contributed by atoms with E-state index in [0.717, 1.165) is 31.9 Å². The van der Waals surface area contributed by atoms with E-state index in [9.17, 15) is 15.2 Å². The van der Waals surface area contributed by atoms with Crippen molar-refractivity contribution in [2.24, 2.45) is 5.92 Å². The van der Waals surface area contributed by atoms with Gasteiger partial charge in [0.15, 0.2) is 0 Å². The number of hydrogen-bond donors (Lipinski definition) is 2. The Morgan fingerprint density at radius 1 is 1.62 bits per heavy atom. The van der Waals surface area contributed by atoms with Gasteiger partial charge in [0, 0.05) is 6.07 Å². The monoisotopic (exact) mass is 290 g/mol. The van der Waals surface area contributed by atoms with Crippen molar-refractivity contribution in [3.8, 4) is 6.07 Å². The lowest BCUT2D eigenvalue weighted by Gasteiger charge is -2.39.